The lowest BCUT2D eigenvalue weighted by Crippen LogP contribution is -2.45. The molecule has 6 nitrogen and oxygen atoms in total. The quantitative estimate of drug-likeness (QED) is 0.795. The maximum absolute atomic E-state index is 14.7. The van der Waals surface area contributed by atoms with Crippen molar-refractivity contribution in [3.63, 3.8) is 0 Å². The van der Waals surface area contributed by atoms with Gasteiger partial charge >= 0.3 is 6.09 Å². The highest BCUT2D eigenvalue weighted by atomic mass is 32.2. The second-order valence-electron chi connectivity index (χ2n) is 6.05. The molecule has 0 aliphatic carbocycles. The van der Waals surface area contributed by atoms with Gasteiger partial charge in [0.1, 0.15) is 12.4 Å². The number of cyclic esters (lactones) is 1. The van der Waals surface area contributed by atoms with Gasteiger partial charge in [-0.25, -0.2) is 9.18 Å². The third-order valence-corrected chi connectivity index (χ3v) is 5.64. The number of carbonyl (C=O) groups is 1. The van der Waals surface area contributed by atoms with Gasteiger partial charge in [0.2, 0.25) is 0 Å². The number of thiocarbonyl (C=S) groups is 1. The lowest BCUT2D eigenvalue weighted by Gasteiger charge is -2.30. The monoisotopic (exact) mass is 384 g/mol. The molecule has 0 aromatic heterocycles. The van der Waals surface area contributed by atoms with Gasteiger partial charge < -0.3 is 20.3 Å². The van der Waals surface area contributed by atoms with E-state index in [0.717, 1.165) is 24.6 Å². The number of hydrogen-bond donors (Lipinski definition) is 1. The average Bonchev–Trinajstić information content (AvgIpc) is 2.95. The van der Waals surface area contributed by atoms with Crippen LogP contribution in [0, 0.1) is 5.82 Å². The van der Waals surface area contributed by atoms with E-state index in [-0.39, 0.29) is 23.6 Å². The van der Waals surface area contributed by atoms with Gasteiger partial charge in [-0.15, -0.1) is 0 Å². The molecule has 0 unspecified atom stereocenters. The van der Waals surface area contributed by atoms with Gasteiger partial charge in [0.05, 0.1) is 17.4 Å². The van der Waals surface area contributed by atoms with Crippen LogP contribution in [-0.4, -0.2) is 66.9 Å². The summed E-state index contributed by atoms with van der Waals surface area (Å²) in [5.74, 6) is 1.66. The van der Waals surface area contributed by atoms with Crippen LogP contribution < -0.4 is 15.5 Å². The van der Waals surface area contributed by atoms with Crippen molar-refractivity contribution in [3.8, 4) is 0 Å². The van der Waals surface area contributed by atoms with Crippen molar-refractivity contribution in [1.82, 2.24) is 4.90 Å². The number of carbonyl (C=O) groups excluding carboxylic acids is 1. The van der Waals surface area contributed by atoms with Crippen molar-refractivity contribution in [1.29, 1.82) is 0 Å². The molecule has 2 heterocycles. The predicted molar refractivity (Wildman–Crippen MR) is 103 cm³/mol. The predicted octanol–water partition coefficient (Wildman–Crippen LogP) is 1.88. The number of nitrogens with two attached hydrogens (primary N) is 1. The lowest BCUT2D eigenvalue weighted by molar-refractivity contribution is 0.178. The number of nitrogens with zero attached hydrogens (tertiary/aromatic N) is 3. The molecule has 2 aliphatic heterocycles. The average molecular weight is 385 g/mol. The van der Waals surface area contributed by atoms with Crippen LogP contribution in [0.15, 0.2) is 18.2 Å². The first kappa shape index (κ1) is 18.1. The summed E-state index contributed by atoms with van der Waals surface area (Å²) < 4.78 is 19.8. The summed E-state index contributed by atoms with van der Waals surface area (Å²) in [4.78, 5) is 17.3. The molecule has 3 rings (SSSR count). The van der Waals surface area contributed by atoms with Crippen LogP contribution in [0.5, 0.6) is 0 Å². The molecule has 0 bridgehead atoms. The second kappa shape index (κ2) is 7.65. The van der Waals surface area contributed by atoms with Crippen LogP contribution in [0.4, 0.5) is 20.6 Å². The molecule has 1 atom stereocenters. The molecule has 2 fully saturated rings. The Balaban J connectivity index is 1.80. The van der Waals surface area contributed by atoms with E-state index >= 15 is 0 Å². The Hall–Kier alpha value is -1.74. The van der Waals surface area contributed by atoms with Gasteiger partial charge in [0, 0.05) is 38.2 Å². The van der Waals surface area contributed by atoms with E-state index in [1.165, 1.54) is 11.0 Å². The number of halogens is 1. The molecule has 2 saturated heterocycles. The topological polar surface area (TPSA) is 62.0 Å². The molecule has 1 aromatic rings. The molecule has 0 spiro atoms. The van der Waals surface area contributed by atoms with Crippen molar-refractivity contribution in [3.05, 3.63) is 24.0 Å². The molecule has 9 heteroatoms. The summed E-state index contributed by atoms with van der Waals surface area (Å²) >= 11 is 6.81. The maximum atomic E-state index is 14.7. The number of anilines is 2. The largest absolute Gasteiger partial charge is 0.447 e. The Morgan fingerprint density at radius 3 is 2.84 bits per heavy atom. The molecule has 25 heavy (non-hydrogen) atoms. The molecular formula is C16H21FN4O2S2. The zero-order valence-corrected chi connectivity index (χ0v) is 15.6. The summed E-state index contributed by atoms with van der Waals surface area (Å²) in [6.07, 6.45) is -0.483. The number of rotatable bonds is 4. The minimum Gasteiger partial charge on any atom is -0.447 e. The normalized spacial score (nSPS) is 20.6. The highest BCUT2D eigenvalue weighted by molar-refractivity contribution is 7.99. The Morgan fingerprint density at radius 1 is 1.48 bits per heavy atom. The first-order valence-corrected chi connectivity index (χ1v) is 9.62. The molecule has 2 N–H and O–H groups in total. The van der Waals surface area contributed by atoms with Gasteiger partial charge in [-0.3, -0.25) is 4.90 Å². The molecule has 1 aromatic carbocycles. The van der Waals surface area contributed by atoms with Crippen molar-refractivity contribution in [2.24, 2.45) is 5.73 Å². The minimum atomic E-state index is -0.483. The summed E-state index contributed by atoms with van der Waals surface area (Å²) in [6.45, 7) is 2.30. The van der Waals surface area contributed by atoms with Crippen LogP contribution in [0.2, 0.25) is 0 Å². The van der Waals surface area contributed by atoms with E-state index in [1.54, 1.807) is 24.1 Å². The van der Waals surface area contributed by atoms with Crippen molar-refractivity contribution in [2.45, 2.75) is 6.04 Å². The van der Waals surface area contributed by atoms with Gasteiger partial charge in [0.25, 0.3) is 0 Å². The Bertz CT molecular complexity index is 670. The van der Waals surface area contributed by atoms with Crippen LogP contribution in [0.25, 0.3) is 0 Å². The number of likely N-dealkylation sites (N-methyl/N-ethyl adjacent to an activating group) is 1. The van der Waals surface area contributed by atoms with Gasteiger partial charge in [0.15, 0.2) is 5.11 Å². The number of thioether (sulfide) groups is 1. The number of ether oxygens (including phenoxy) is 1. The molecule has 0 saturated carbocycles. The third-order valence-electron chi connectivity index (χ3n) is 4.38. The smallest absolute Gasteiger partial charge is 0.414 e. The first-order chi connectivity index (χ1) is 12.0. The fraction of sp³-hybridized carbons (Fsp3) is 0.500. The fourth-order valence-electron chi connectivity index (χ4n) is 3.02. The highest BCUT2D eigenvalue weighted by Gasteiger charge is 2.35. The highest BCUT2D eigenvalue weighted by Crippen LogP contribution is 2.30. The van der Waals surface area contributed by atoms with E-state index < -0.39 is 6.09 Å². The standard InChI is InChI=1S/C16H21FN4O2S2/c1-19(15(18)24)9-12-10-23-16(22)21(12)11-2-3-14(13(17)8-11)20-4-6-25-7-5-20/h2-3,8,12H,4-7,9-10H2,1H3,(H2,18,24)/t12-/m0/s1. The maximum Gasteiger partial charge on any atom is 0.414 e. The SMILES string of the molecule is CN(C[C@H]1COC(=O)N1c1ccc(N2CCSCC2)c(F)c1)C(N)=S. The van der Waals surface area contributed by atoms with E-state index in [9.17, 15) is 9.18 Å². The van der Waals surface area contributed by atoms with E-state index in [2.05, 4.69) is 0 Å². The zero-order valence-electron chi connectivity index (χ0n) is 14.0. The fourth-order valence-corrected chi connectivity index (χ4v) is 4.00. The van der Waals surface area contributed by atoms with Crippen molar-refractivity contribution in [2.75, 3.05) is 54.6 Å². The third kappa shape index (κ3) is 3.92. The van der Waals surface area contributed by atoms with Crippen molar-refractivity contribution >= 4 is 46.6 Å². The van der Waals surface area contributed by atoms with E-state index in [0.29, 0.717) is 17.9 Å². The number of amides is 1. The summed E-state index contributed by atoms with van der Waals surface area (Å²) in [7, 11) is 1.75. The summed E-state index contributed by atoms with van der Waals surface area (Å²) in [6, 6.07) is 4.63. The van der Waals surface area contributed by atoms with Crippen LogP contribution in [0.3, 0.4) is 0 Å². The summed E-state index contributed by atoms with van der Waals surface area (Å²) in [5.41, 5.74) is 6.67. The molecule has 1 amide bonds. The van der Waals surface area contributed by atoms with Crippen LogP contribution in [-0.2, 0) is 4.74 Å². The Kier molecular flexibility index (Phi) is 5.53. The van der Waals surface area contributed by atoms with Crippen molar-refractivity contribution < 1.29 is 13.9 Å². The number of hydrogen-bond acceptors (Lipinski definition) is 5. The Morgan fingerprint density at radius 2 is 2.20 bits per heavy atom. The van der Waals surface area contributed by atoms with Crippen LogP contribution >= 0.6 is 24.0 Å². The van der Waals surface area contributed by atoms with E-state index in [4.69, 9.17) is 22.7 Å². The molecule has 0 radical (unpaired) electrons. The zero-order chi connectivity index (χ0) is 18.0. The molecule has 2 aliphatic rings. The van der Waals surface area contributed by atoms with Crippen LogP contribution in [0.1, 0.15) is 0 Å². The lowest BCUT2D eigenvalue weighted by atomic mass is 10.2. The van der Waals surface area contributed by atoms with Gasteiger partial charge in [-0.2, -0.15) is 11.8 Å². The number of benzene rings is 1. The van der Waals surface area contributed by atoms with Gasteiger partial charge in [-0.05, 0) is 30.4 Å². The van der Waals surface area contributed by atoms with E-state index in [1.807, 2.05) is 16.7 Å². The molecular weight excluding hydrogens is 363 g/mol. The minimum absolute atomic E-state index is 0.221. The molecule has 136 valence electrons. The second-order valence-corrected chi connectivity index (χ2v) is 7.70. The first-order valence-electron chi connectivity index (χ1n) is 8.06. The Labute approximate surface area is 156 Å². The summed E-state index contributed by atoms with van der Waals surface area (Å²) in [5, 5.41) is 0.240. The van der Waals surface area contributed by atoms with Gasteiger partial charge in [-0.1, -0.05) is 0 Å².